The SMILES string of the molecule is CC(C)(CNC(=O)C(=O)Cc1ccc(-c2ccc(CN)cc2)cc1)CNC(=O)c1ccc(Nc2nc(NC3(c4ccc(Cl)cc4)CC3)nc(OCC(F)(F)F)n2)cc1. The minimum absolute atomic E-state index is 0.0116. The van der Waals surface area contributed by atoms with Gasteiger partial charge >= 0.3 is 12.2 Å². The molecule has 12 nitrogen and oxygen atoms in total. The summed E-state index contributed by atoms with van der Waals surface area (Å²) in [6.45, 7) is 2.88. The Bertz CT molecular complexity index is 2230. The molecule has 0 bridgehead atoms. The molecule has 0 saturated heterocycles. The summed E-state index contributed by atoms with van der Waals surface area (Å²) >= 11 is 6.05. The lowest BCUT2D eigenvalue weighted by Crippen LogP contribution is -2.44. The van der Waals surface area contributed by atoms with E-state index in [1.165, 1.54) is 0 Å². The van der Waals surface area contributed by atoms with Crippen molar-refractivity contribution in [2.45, 2.75) is 51.4 Å². The molecule has 58 heavy (non-hydrogen) atoms. The molecule has 6 N–H and O–H groups in total. The Hall–Kier alpha value is -6.06. The second-order valence-corrected chi connectivity index (χ2v) is 15.2. The molecule has 0 spiro atoms. The molecule has 0 atom stereocenters. The lowest BCUT2D eigenvalue weighted by atomic mass is 9.93. The summed E-state index contributed by atoms with van der Waals surface area (Å²) in [5, 5.41) is 12.3. The lowest BCUT2D eigenvalue weighted by Gasteiger charge is -2.25. The van der Waals surface area contributed by atoms with Crippen LogP contribution in [0.25, 0.3) is 11.1 Å². The summed E-state index contributed by atoms with van der Waals surface area (Å²) in [5.41, 5.74) is 9.98. The Kier molecular flexibility index (Phi) is 12.6. The van der Waals surface area contributed by atoms with E-state index in [0.29, 0.717) is 28.4 Å². The zero-order chi connectivity index (χ0) is 41.5. The van der Waals surface area contributed by atoms with Gasteiger partial charge in [-0.25, -0.2) is 0 Å². The highest BCUT2D eigenvalue weighted by molar-refractivity contribution is 6.36. The van der Waals surface area contributed by atoms with Gasteiger partial charge in [0.2, 0.25) is 17.7 Å². The van der Waals surface area contributed by atoms with Crippen LogP contribution < -0.4 is 31.7 Å². The van der Waals surface area contributed by atoms with E-state index in [4.69, 9.17) is 22.1 Å². The van der Waals surface area contributed by atoms with Gasteiger partial charge in [0.1, 0.15) is 0 Å². The number of nitrogens with zero attached hydrogens (tertiary/aromatic N) is 3. The van der Waals surface area contributed by atoms with Crippen LogP contribution in [0.4, 0.5) is 30.8 Å². The number of carbonyl (C=O) groups excluding carboxylic acids is 3. The van der Waals surface area contributed by atoms with E-state index in [-0.39, 0.29) is 37.3 Å². The fourth-order valence-electron chi connectivity index (χ4n) is 5.92. The van der Waals surface area contributed by atoms with Gasteiger partial charge in [0.25, 0.3) is 11.8 Å². The topological polar surface area (TPSA) is 173 Å². The van der Waals surface area contributed by atoms with Crippen LogP contribution in [0.2, 0.25) is 5.02 Å². The number of rotatable bonds is 17. The fourth-order valence-corrected chi connectivity index (χ4v) is 6.05. The molecule has 2 amide bonds. The van der Waals surface area contributed by atoms with E-state index in [2.05, 4.69) is 36.2 Å². The van der Waals surface area contributed by atoms with Crippen LogP contribution >= 0.6 is 11.6 Å². The molecule has 1 heterocycles. The van der Waals surface area contributed by atoms with E-state index in [1.807, 2.05) is 74.5 Å². The third-order valence-corrected chi connectivity index (χ3v) is 9.68. The van der Waals surface area contributed by atoms with Gasteiger partial charge in [0.15, 0.2) is 6.61 Å². The number of alkyl halides is 3. The van der Waals surface area contributed by atoms with Crippen molar-refractivity contribution in [3.05, 3.63) is 124 Å². The van der Waals surface area contributed by atoms with Gasteiger partial charge in [0.05, 0.1) is 5.54 Å². The molecule has 302 valence electrons. The van der Waals surface area contributed by atoms with Crippen LogP contribution in [-0.4, -0.2) is 58.4 Å². The van der Waals surface area contributed by atoms with Gasteiger partial charge in [-0.1, -0.05) is 86.1 Å². The normalized spacial score (nSPS) is 13.3. The quantitative estimate of drug-likeness (QED) is 0.0609. The Labute approximate surface area is 338 Å². The number of hydrogen-bond donors (Lipinski definition) is 5. The first-order valence-corrected chi connectivity index (χ1v) is 18.8. The zero-order valence-corrected chi connectivity index (χ0v) is 32.5. The maximum atomic E-state index is 13.0. The van der Waals surface area contributed by atoms with E-state index in [9.17, 15) is 27.6 Å². The number of benzene rings is 4. The smallest absolute Gasteiger partial charge is 0.422 e. The number of aromatic nitrogens is 3. The van der Waals surface area contributed by atoms with Gasteiger partial charge in [-0.3, -0.25) is 14.4 Å². The Balaban J connectivity index is 0.999. The third kappa shape index (κ3) is 11.5. The number of anilines is 3. The van der Waals surface area contributed by atoms with E-state index >= 15 is 0 Å². The first kappa shape index (κ1) is 41.6. The first-order valence-electron chi connectivity index (χ1n) is 18.4. The average molecular weight is 815 g/mol. The highest BCUT2D eigenvalue weighted by Crippen LogP contribution is 2.48. The Morgan fingerprint density at radius 3 is 1.95 bits per heavy atom. The average Bonchev–Trinajstić information content (AvgIpc) is 3.99. The number of ether oxygens (including phenoxy) is 1. The van der Waals surface area contributed by atoms with Crippen LogP contribution in [-0.2, 0) is 28.1 Å². The largest absolute Gasteiger partial charge is 0.454 e. The molecule has 6 rings (SSSR count). The molecule has 4 aromatic carbocycles. The zero-order valence-electron chi connectivity index (χ0n) is 31.8. The van der Waals surface area contributed by atoms with Crippen LogP contribution in [0.1, 0.15) is 53.7 Å². The molecular formula is C42H42ClF3N8O4. The molecular weight excluding hydrogens is 773 g/mol. The second-order valence-electron chi connectivity index (χ2n) is 14.8. The van der Waals surface area contributed by atoms with Crippen molar-refractivity contribution in [3.63, 3.8) is 0 Å². The number of hydrogen-bond acceptors (Lipinski definition) is 10. The Morgan fingerprint density at radius 1 is 0.776 bits per heavy atom. The number of nitrogens with one attached hydrogen (secondary N) is 4. The number of amides is 2. The maximum absolute atomic E-state index is 13.0. The monoisotopic (exact) mass is 814 g/mol. The third-order valence-electron chi connectivity index (χ3n) is 9.43. The van der Waals surface area contributed by atoms with Crippen molar-refractivity contribution in [2.75, 3.05) is 30.3 Å². The molecule has 1 aliphatic carbocycles. The van der Waals surface area contributed by atoms with Gasteiger partial charge < -0.3 is 31.7 Å². The van der Waals surface area contributed by atoms with Crippen LogP contribution in [0.15, 0.2) is 97.1 Å². The Morgan fingerprint density at radius 2 is 1.36 bits per heavy atom. The van der Waals surface area contributed by atoms with Crippen LogP contribution in [0.3, 0.4) is 0 Å². The molecule has 0 aliphatic heterocycles. The van der Waals surface area contributed by atoms with Crippen molar-refractivity contribution in [2.24, 2.45) is 11.1 Å². The second kappa shape index (κ2) is 17.6. The fraction of sp³-hybridized carbons (Fsp3) is 0.286. The van der Waals surface area contributed by atoms with Gasteiger partial charge in [-0.15, -0.1) is 0 Å². The number of Topliss-reactive ketones (excluding diaryl/α,β-unsaturated/α-hetero) is 1. The molecule has 1 fully saturated rings. The van der Waals surface area contributed by atoms with Gasteiger partial charge in [-0.2, -0.15) is 28.1 Å². The van der Waals surface area contributed by atoms with Crippen molar-refractivity contribution >= 4 is 46.8 Å². The number of halogens is 4. The van der Waals surface area contributed by atoms with Crippen LogP contribution in [0.5, 0.6) is 6.01 Å². The summed E-state index contributed by atoms with van der Waals surface area (Å²) in [5.74, 6) is -1.74. The van der Waals surface area contributed by atoms with Gasteiger partial charge in [0, 0.05) is 42.3 Å². The maximum Gasteiger partial charge on any atom is 0.422 e. The van der Waals surface area contributed by atoms with Crippen molar-refractivity contribution in [1.82, 2.24) is 25.6 Å². The summed E-state index contributed by atoms with van der Waals surface area (Å²) in [7, 11) is 0. The number of carbonyl (C=O) groups is 3. The number of nitrogens with two attached hydrogens (primary N) is 1. The van der Waals surface area contributed by atoms with Crippen molar-refractivity contribution < 1.29 is 32.3 Å². The summed E-state index contributed by atoms with van der Waals surface area (Å²) in [6.07, 6.45) is -3.19. The lowest BCUT2D eigenvalue weighted by molar-refractivity contribution is -0.154. The van der Waals surface area contributed by atoms with Crippen molar-refractivity contribution in [1.29, 1.82) is 0 Å². The minimum atomic E-state index is -4.61. The van der Waals surface area contributed by atoms with Gasteiger partial charge in [-0.05, 0) is 82.5 Å². The molecule has 1 aromatic heterocycles. The van der Waals surface area contributed by atoms with E-state index in [1.54, 1.807) is 36.4 Å². The number of ketones is 1. The first-order chi connectivity index (χ1) is 27.6. The standard InChI is InChI=1S/C42H42ClF3N8O4/c1-40(2,24-49-36(57)34(55)21-26-3-7-28(8-4-26)29-9-5-27(22-47)6-10-29)23-48-35(56)30-11-17-33(18-12-30)50-37-51-38(53-39(52-37)58-25-42(44,45)46)54-41(19-20-41)31-13-15-32(43)16-14-31/h3-18H,19-25,47H2,1-2H3,(H,48,56)(H,49,57)(H2,50,51,52,53,54). The molecule has 0 radical (unpaired) electrons. The predicted octanol–water partition coefficient (Wildman–Crippen LogP) is 7.12. The minimum Gasteiger partial charge on any atom is -0.454 e. The molecule has 5 aromatic rings. The molecule has 1 saturated carbocycles. The summed E-state index contributed by atoms with van der Waals surface area (Å²) < 4.78 is 43.8. The van der Waals surface area contributed by atoms with Crippen LogP contribution in [0, 0.1) is 5.41 Å². The highest BCUT2D eigenvalue weighted by Gasteiger charge is 2.45. The van der Waals surface area contributed by atoms with E-state index < -0.39 is 41.4 Å². The van der Waals surface area contributed by atoms with E-state index in [0.717, 1.165) is 35.1 Å². The summed E-state index contributed by atoms with van der Waals surface area (Å²) in [6, 6.07) is 28.3. The summed E-state index contributed by atoms with van der Waals surface area (Å²) in [4.78, 5) is 50.9. The molecule has 1 aliphatic rings. The molecule has 16 heteroatoms. The van der Waals surface area contributed by atoms with Crippen molar-refractivity contribution in [3.8, 4) is 17.1 Å². The highest BCUT2D eigenvalue weighted by atomic mass is 35.5. The molecule has 0 unspecified atom stereocenters. The predicted molar refractivity (Wildman–Crippen MR) is 215 cm³/mol.